The van der Waals surface area contributed by atoms with Gasteiger partial charge in [0.05, 0.1) is 17.9 Å². The lowest BCUT2D eigenvalue weighted by molar-refractivity contribution is -0.159. The molecule has 2 amide bonds. The fourth-order valence-corrected chi connectivity index (χ4v) is 7.07. The summed E-state index contributed by atoms with van der Waals surface area (Å²) in [5.41, 5.74) is 3.14. The second-order valence-corrected chi connectivity index (χ2v) is 11.9. The summed E-state index contributed by atoms with van der Waals surface area (Å²) in [6, 6.07) is 15.5. The van der Waals surface area contributed by atoms with Gasteiger partial charge in [0.25, 0.3) is 0 Å². The van der Waals surface area contributed by atoms with Crippen LogP contribution in [0.1, 0.15) is 67.7 Å². The quantitative estimate of drug-likeness (QED) is 0.454. The van der Waals surface area contributed by atoms with E-state index in [1.807, 2.05) is 52.3 Å². The molecule has 3 heterocycles. The van der Waals surface area contributed by atoms with Gasteiger partial charge in [-0.3, -0.25) is 14.4 Å². The van der Waals surface area contributed by atoms with Crippen LogP contribution >= 0.6 is 12.4 Å². The van der Waals surface area contributed by atoms with Gasteiger partial charge in [0, 0.05) is 38.2 Å². The van der Waals surface area contributed by atoms with Crippen molar-refractivity contribution in [1.82, 2.24) is 15.1 Å². The first kappa shape index (κ1) is 30.4. The van der Waals surface area contributed by atoms with E-state index in [-0.39, 0.29) is 48.9 Å². The zero-order chi connectivity index (χ0) is 28.2. The van der Waals surface area contributed by atoms with Crippen molar-refractivity contribution in [3.8, 4) is 5.75 Å². The Labute approximate surface area is 254 Å². The molecule has 1 N–H and O–H groups in total. The standard InChI is InChI=1S/C33H41N3O5.ClH/c37-30-14-7-18-35(30)21-28-31-24(10-6-13-29(31)41-25-15-17-34-20-25)16-19-36(28)32(38)26-11-4-5-12-27(26)33(39)40-22-23-8-2-1-3-9-23;/h1-3,6,8-10,13,25-28,34H,4-5,7,11-12,14-22H2;1H/t25-,26+,27-,28+;/m0./s1. The molecule has 1 saturated carbocycles. The summed E-state index contributed by atoms with van der Waals surface area (Å²) in [7, 11) is 0. The Hall–Kier alpha value is -3.10. The van der Waals surface area contributed by atoms with Crippen LogP contribution in [0.3, 0.4) is 0 Å². The highest BCUT2D eigenvalue weighted by molar-refractivity contribution is 5.86. The predicted octanol–water partition coefficient (Wildman–Crippen LogP) is 4.45. The number of amides is 2. The molecule has 3 fully saturated rings. The first-order valence-corrected chi connectivity index (χ1v) is 15.4. The SMILES string of the molecule is Cl.O=C(OCc1ccccc1)[C@H]1CCCC[C@H]1C(=O)N1CCc2cccc(O[C@H]3CCNC3)c2[C@H]1CN1CCCC1=O. The van der Waals surface area contributed by atoms with Gasteiger partial charge in [-0.25, -0.2) is 0 Å². The summed E-state index contributed by atoms with van der Waals surface area (Å²) < 4.78 is 12.3. The Morgan fingerprint density at radius 1 is 0.905 bits per heavy atom. The highest BCUT2D eigenvalue weighted by atomic mass is 35.5. The molecule has 0 aromatic heterocycles. The van der Waals surface area contributed by atoms with Gasteiger partial charge < -0.3 is 24.6 Å². The van der Waals surface area contributed by atoms with Crippen molar-refractivity contribution in [3.05, 3.63) is 65.2 Å². The van der Waals surface area contributed by atoms with E-state index >= 15 is 0 Å². The van der Waals surface area contributed by atoms with Crippen LogP contribution in [0, 0.1) is 11.8 Å². The van der Waals surface area contributed by atoms with E-state index in [0.717, 1.165) is 62.1 Å². The van der Waals surface area contributed by atoms with Crippen molar-refractivity contribution < 1.29 is 23.9 Å². The maximum Gasteiger partial charge on any atom is 0.310 e. The topological polar surface area (TPSA) is 88.2 Å². The Kier molecular flexibility index (Phi) is 10.1. The molecule has 2 aromatic carbocycles. The van der Waals surface area contributed by atoms with E-state index in [1.54, 1.807) is 0 Å². The van der Waals surface area contributed by atoms with Gasteiger partial charge >= 0.3 is 5.97 Å². The Morgan fingerprint density at radius 3 is 2.45 bits per heavy atom. The number of benzene rings is 2. The van der Waals surface area contributed by atoms with Gasteiger partial charge in [-0.1, -0.05) is 55.3 Å². The lowest BCUT2D eigenvalue weighted by Crippen LogP contribution is -2.50. The van der Waals surface area contributed by atoms with E-state index < -0.39 is 11.8 Å². The van der Waals surface area contributed by atoms with Crippen LogP contribution in [-0.2, 0) is 32.1 Å². The van der Waals surface area contributed by atoms with E-state index in [9.17, 15) is 14.4 Å². The lowest BCUT2D eigenvalue weighted by Gasteiger charge is -2.43. The molecule has 0 radical (unpaired) electrons. The van der Waals surface area contributed by atoms with Gasteiger partial charge in [-0.2, -0.15) is 0 Å². The Balaban J connectivity index is 0.00000353. The lowest BCUT2D eigenvalue weighted by atomic mass is 9.77. The molecule has 0 unspecified atom stereocenters. The molecule has 3 aliphatic heterocycles. The van der Waals surface area contributed by atoms with Gasteiger partial charge in [-0.15, -0.1) is 12.4 Å². The largest absolute Gasteiger partial charge is 0.489 e. The van der Waals surface area contributed by atoms with Crippen LogP contribution in [0.5, 0.6) is 5.75 Å². The number of fused-ring (bicyclic) bond motifs is 1. The van der Waals surface area contributed by atoms with Crippen molar-refractivity contribution in [1.29, 1.82) is 0 Å². The molecule has 2 saturated heterocycles. The van der Waals surface area contributed by atoms with E-state index in [2.05, 4.69) is 11.4 Å². The zero-order valence-electron chi connectivity index (χ0n) is 24.2. The average Bonchev–Trinajstić information content (AvgIpc) is 3.68. The normalized spacial score (nSPS) is 25.5. The molecule has 6 rings (SSSR count). The number of halogens is 1. The molecule has 4 atom stereocenters. The minimum atomic E-state index is -0.452. The minimum absolute atomic E-state index is 0. The summed E-state index contributed by atoms with van der Waals surface area (Å²) in [4.78, 5) is 44.4. The molecule has 42 heavy (non-hydrogen) atoms. The fourth-order valence-electron chi connectivity index (χ4n) is 7.07. The highest BCUT2D eigenvalue weighted by Gasteiger charge is 2.43. The smallest absolute Gasteiger partial charge is 0.310 e. The third-order valence-corrected chi connectivity index (χ3v) is 9.25. The first-order chi connectivity index (χ1) is 20.1. The monoisotopic (exact) mass is 595 g/mol. The molecule has 226 valence electrons. The second kappa shape index (κ2) is 13.9. The van der Waals surface area contributed by atoms with Crippen molar-refractivity contribution in [2.45, 2.75) is 70.1 Å². The Morgan fingerprint density at radius 2 is 1.71 bits per heavy atom. The molecular formula is C33H42ClN3O5. The third-order valence-electron chi connectivity index (χ3n) is 9.25. The number of esters is 1. The summed E-state index contributed by atoms with van der Waals surface area (Å²) in [5.74, 6) is -0.195. The van der Waals surface area contributed by atoms with Crippen molar-refractivity contribution in [2.75, 3.05) is 32.7 Å². The number of hydrogen-bond acceptors (Lipinski definition) is 6. The number of nitrogens with zero attached hydrogens (tertiary/aromatic N) is 2. The molecule has 8 nitrogen and oxygen atoms in total. The van der Waals surface area contributed by atoms with Crippen LogP contribution in [0.15, 0.2) is 48.5 Å². The zero-order valence-corrected chi connectivity index (χ0v) is 25.0. The second-order valence-electron chi connectivity index (χ2n) is 11.9. The van der Waals surface area contributed by atoms with E-state index in [1.165, 1.54) is 5.56 Å². The molecule has 0 bridgehead atoms. The number of ether oxygens (including phenoxy) is 2. The predicted molar refractivity (Wildman–Crippen MR) is 161 cm³/mol. The molecule has 0 spiro atoms. The van der Waals surface area contributed by atoms with Crippen LogP contribution in [0.25, 0.3) is 0 Å². The number of likely N-dealkylation sites (tertiary alicyclic amines) is 1. The molecule has 2 aromatic rings. The molecule has 9 heteroatoms. The molecule has 1 aliphatic carbocycles. The van der Waals surface area contributed by atoms with Crippen molar-refractivity contribution in [3.63, 3.8) is 0 Å². The minimum Gasteiger partial charge on any atom is -0.489 e. The highest BCUT2D eigenvalue weighted by Crippen LogP contribution is 2.41. The number of hydrogen-bond donors (Lipinski definition) is 1. The third kappa shape index (κ3) is 6.60. The van der Waals surface area contributed by atoms with E-state index in [4.69, 9.17) is 9.47 Å². The van der Waals surface area contributed by atoms with Gasteiger partial charge in [0.15, 0.2) is 0 Å². The summed E-state index contributed by atoms with van der Waals surface area (Å²) in [6.07, 6.45) is 6.31. The van der Waals surface area contributed by atoms with Crippen molar-refractivity contribution in [2.24, 2.45) is 11.8 Å². The summed E-state index contributed by atoms with van der Waals surface area (Å²) >= 11 is 0. The Bertz CT molecular complexity index is 1250. The van der Waals surface area contributed by atoms with E-state index in [0.29, 0.717) is 38.9 Å². The molecular weight excluding hydrogens is 554 g/mol. The maximum absolute atomic E-state index is 14.4. The summed E-state index contributed by atoms with van der Waals surface area (Å²) in [5, 5.41) is 3.37. The number of carbonyl (C=O) groups excluding carboxylic acids is 3. The summed E-state index contributed by atoms with van der Waals surface area (Å²) in [6.45, 7) is 3.67. The van der Waals surface area contributed by atoms with Crippen LogP contribution in [-0.4, -0.2) is 66.4 Å². The molecule has 4 aliphatic rings. The van der Waals surface area contributed by atoms with Crippen molar-refractivity contribution >= 4 is 30.2 Å². The van der Waals surface area contributed by atoms with Crippen LogP contribution < -0.4 is 10.1 Å². The van der Waals surface area contributed by atoms with Gasteiger partial charge in [-0.05, 0) is 55.8 Å². The first-order valence-electron chi connectivity index (χ1n) is 15.4. The van der Waals surface area contributed by atoms with Crippen LogP contribution in [0.4, 0.5) is 0 Å². The number of carbonyl (C=O) groups is 3. The number of rotatable bonds is 8. The maximum atomic E-state index is 14.4. The average molecular weight is 596 g/mol. The number of nitrogens with one attached hydrogen (secondary N) is 1. The van der Waals surface area contributed by atoms with Gasteiger partial charge in [0.2, 0.25) is 11.8 Å². The van der Waals surface area contributed by atoms with Gasteiger partial charge in [0.1, 0.15) is 18.5 Å². The fraction of sp³-hybridized carbons (Fsp3) is 0.545. The van der Waals surface area contributed by atoms with Crippen LogP contribution in [0.2, 0.25) is 0 Å².